The van der Waals surface area contributed by atoms with Crippen LogP contribution in [0.1, 0.15) is 16.7 Å². The third kappa shape index (κ3) is 4.20. The van der Waals surface area contributed by atoms with Gasteiger partial charge in [-0.15, -0.1) is 0 Å². The second-order valence-corrected chi connectivity index (χ2v) is 6.43. The summed E-state index contributed by atoms with van der Waals surface area (Å²) in [4.78, 5) is 12.9. The lowest BCUT2D eigenvalue weighted by molar-refractivity contribution is -0.112. The lowest BCUT2D eigenvalue weighted by Gasteiger charge is -2.18. The number of hydrogen-bond donors (Lipinski definition) is 2. The minimum Gasteiger partial charge on any atom is -0.504 e. The summed E-state index contributed by atoms with van der Waals surface area (Å²) < 4.78 is 10.5. The molecule has 0 bridgehead atoms. The van der Waals surface area contributed by atoms with E-state index in [2.05, 4.69) is 5.32 Å². The largest absolute Gasteiger partial charge is 0.504 e. The van der Waals surface area contributed by atoms with Crippen molar-refractivity contribution >= 4 is 17.9 Å². The summed E-state index contributed by atoms with van der Waals surface area (Å²) in [6, 6.07) is 10.9. The summed E-state index contributed by atoms with van der Waals surface area (Å²) in [7, 11) is 3.13. The van der Waals surface area contributed by atoms with Crippen molar-refractivity contribution in [2.24, 2.45) is 0 Å². The van der Waals surface area contributed by atoms with Crippen molar-refractivity contribution in [1.29, 1.82) is 0 Å². The summed E-state index contributed by atoms with van der Waals surface area (Å²) in [5.74, 6) is 1.26. The second-order valence-electron chi connectivity index (χ2n) is 6.43. The Morgan fingerprint density at radius 3 is 2.07 bits per heavy atom. The molecule has 1 saturated heterocycles. The van der Waals surface area contributed by atoms with Crippen molar-refractivity contribution in [2.45, 2.75) is 6.92 Å². The van der Waals surface area contributed by atoms with Gasteiger partial charge < -0.3 is 19.9 Å². The molecule has 1 aliphatic rings. The first-order valence-corrected chi connectivity index (χ1v) is 8.70. The number of methoxy groups -OCH3 is 2. The zero-order valence-corrected chi connectivity index (χ0v) is 15.7. The van der Waals surface area contributed by atoms with E-state index in [4.69, 9.17) is 9.47 Å². The first-order valence-electron chi connectivity index (χ1n) is 8.70. The molecule has 1 fully saturated rings. The summed E-state index contributed by atoms with van der Waals surface area (Å²) in [5, 5.41) is 13.0. The maximum absolute atomic E-state index is 12.9. The van der Waals surface area contributed by atoms with Crippen LogP contribution in [-0.4, -0.2) is 38.2 Å². The number of hydrogen-bond acceptors (Lipinski definition) is 5. The second kappa shape index (κ2) is 8.10. The molecule has 27 heavy (non-hydrogen) atoms. The van der Waals surface area contributed by atoms with E-state index >= 15 is 0 Å². The monoisotopic (exact) mass is 365 g/mol. The molecule has 0 saturated carbocycles. The van der Waals surface area contributed by atoms with Gasteiger partial charge in [-0.3, -0.25) is 4.79 Å². The Morgan fingerprint density at radius 1 is 0.926 bits per heavy atom. The van der Waals surface area contributed by atoms with Gasteiger partial charge in [0, 0.05) is 24.2 Å². The zero-order valence-electron chi connectivity index (χ0n) is 15.7. The van der Waals surface area contributed by atoms with E-state index < -0.39 is 0 Å². The molecule has 0 radical (unpaired) electrons. The Morgan fingerprint density at radius 2 is 1.48 bits per heavy atom. The molecule has 5 nitrogen and oxygen atoms in total. The molecule has 1 heterocycles. The number of nitrogens with one attached hydrogen (secondary N) is 1. The highest BCUT2D eigenvalue weighted by molar-refractivity contribution is 6.14. The molecule has 2 aromatic rings. The number of carbonyl (C=O) groups excluding carboxylic acids is 1. The maximum Gasteiger partial charge on any atom is 0.187 e. The maximum atomic E-state index is 12.9. The number of benzene rings is 2. The zero-order chi connectivity index (χ0) is 19.4. The quantitative estimate of drug-likeness (QED) is 0.814. The number of phenols is 1. The number of phenolic OH excluding ortho intramolecular Hbond substituents is 1. The van der Waals surface area contributed by atoms with Crippen LogP contribution in [0.15, 0.2) is 47.5 Å². The normalized spacial score (nSPS) is 17.4. The number of Topliss-reactive ketones (excluding diaryl/α,β-unsaturated/α-hetero) is 1. The van der Waals surface area contributed by atoms with Gasteiger partial charge in [0.2, 0.25) is 0 Å². The Kier molecular flexibility index (Phi) is 5.62. The topological polar surface area (TPSA) is 67.8 Å². The van der Waals surface area contributed by atoms with Crippen molar-refractivity contribution in [3.05, 3.63) is 64.2 Å². The SMILES string of the molecule is COc1cc(/C=C2\CNC/C(=C\c3ccc(O)c(OC)c3)C2=O)ccc1C. The van der Waals surface area contributed by atoms with Crippen LogP contribution in [0.4, 0.5) is 0 Å². The van der Waals surface area contributed by atoms with Gasteiger partial charge in [0.25, 0.3) is 0 Å². The van der Waals surface area contributed by atoms with Crippen LogP contribution in [0.3, 0.4) is 0 Å². The van der Waals surface area contributed by atoms with Crippen molar-refractivity contribution in [2.75, 3.05) is 27.3 Å². The van der Waals surface area contributed by atoms with E-state index in [9.17, 15) is 9.90 Å². The average Bonchev–Trinajstić information content (AvgIpc) is 2.67. The van der Waals surface area contributed by atoms with Gasteiger partial charge >= 0.3 is 0 Å². The first kappa shape index (κ1) is 18.7. The van der Waals surface area contributed by atoms with Crippen LogP contribution >= 0.6 is 0 Å². The number of ether oxygens (including phenoxy) is 2. The summed E-state index contributed by atoms with van der Waals surface area (Å²) in [6.45, 7) is 3.00. The van der Waals surface area contributed by atoms with Crippen LogP contribution in [0, 0.1) is 6.92 Å². The smallest absolute Gasteiger partial charge is 0.187 e. The first-order chi connectivity index (χ1) is 13.0. The highest BCUT2D eigenvalue weighted by Gasteiger charge is 2.20. The number of piperidine rings is 1. The van der Waals surface area contributed by atoms with Crippen molar-refractivity contribution in [3.63, 3.8) is 0 Å². The molecule has 0 amide bonds. The molecule has 0 unspecified atom stereocenters. The van der Waals surface area contributed by atoms with Gasteiger partial charge in [0.1, 0.15) is 5.75 Å². The van der Waals surface area contributed by atoms with E-state index in [0.717, 1.165) is 22.4 Å². The van der Waals surface area contributed by atoms with Gasteiger partial charge in [-0.1, -0.05) is 18.2 Å². The van der Waals surface area contributed by atoms with Crippen molar-refractivity contribution in [1.82, 2.24) is 5.32 Å². The van der Waals surface area contributed by atoms with Gasteiger partial charge in [0.15, 0.2) is 17.3 Å². The molecule has 0 aromatic heterocycles. The molecule has 1 aliphatic heterocycles. The summed E-state index contributed by atoms with van der Waals surface area (Å²) in [6.07, 6.45) is 3.71. The molecule has 5 heteroatoms. The van der Waals surface area contributed by atoms with Crippen LogP contribution in [-0.2, 0) is 4.79 Å². The number of aromatic hydroxyl groups is 1. The summed E-state index contributed by atoms with van der Waals surface area (Å²) >= 11 is 0. The molecular weight excluding hydrogens is 342 g/mol. The van der Waals surface area contributed by atoms with Gasteiger partial charge in [-0.05, 0) is 54.0 Å². The van der Waals surface area contributed by atoms with Crippen LogP contribution in [0.25, 0.3) is 12.2 Å². The lowest BCUT2D eigenvalue weighted by Crippen LogP contribution is -2.32. The molecule has 3 rings (SSSR count). The molecule has 0 spiro atoms. The fourth-order valence-electron chi connectivity index (χ4n) is 3.04. The van der Waals surface area contributed by atoms with Crippen molar-refractivity contribution < 1.29 is 19.4 Å². The third-order valence-electron chi connectivity index (χ3n) is 4.53. The van der Waals surface area contributed by atoms with E-state index in [-0.39, 0.29) is 11.5 Å². The Bertz CT molecular complexity index is 854. The van der Waals surface area contributed by atoms with E-state index in [1.165, 1.54) is 7.11 Å². The van der Waals surface area contributed by atoms with Gasteiger partial charge in [-0.25, -0.2) is 0 Å². The highest BCUT2D eigenvalue weighted by Crippen LogP contribution is 2.28. The minimum atomic E-state index is 0.0142. The molecular formula is C22H23NO4. The highest BCUT2D eigenvalue weighted by atomic mass is 16.5. The number of ketones is 1. The molecule has 0 aliphatic carbocycles. The van der Waals surface area contributed by atoms with E-state index in [0.29, 0.717) is 30.0 Å². The van der Waals surface area contributed by atoms with E-state index in [1.54, 1.807) is 25.3 Å². The number of rotatable bonds is 4. The predicted molar refractivity (Wildman–Crippen MR) is 106 cm³/mol. The molecule has 2 aromatic carbocycles. The Labute approximate surface area is 158 Å². The lowest BCUT2D eigenvalue weighted by atomic mass is 9.95. The fourth-order valence-corrected chi connectivity index (χ4v) is 3.04. The van der Waals surface area contributed by atoms with Gasteiger partial charge in [-0.2, -0.15) is 0 Å². The Balaban J connectivity index is 1.89. The predicted octanol–water partition coefficient (Wildman–Crippen LogP) is 3.36. The van der Waals surface area contributed by atoms with Crippen LogP contribution in [0.5, 0.6) is 17.2 Å². The minimum absolute atomic E-state index is 0.0142. The molecule has 0 atom stereocenters. The molecule has 2 N–H and O–H groups in total. The summed E-state index contributed by atoms with van der Waals surface area (Å²) in [5.41, 5.74) is 4.14. The third-order valence-corrected chi connectivity index (χ3v) is 4.53. The number of aryl methyl sites for hydroxylation is 1. The standard InChI is InChI=1S/C22H23NO4/c1-14-4-5-15(10-20(14)26-2)8-17-12-23-13-18(22(17)25)9-16-6-7-19(24)21(11-16)27-3/h4-11,23-24H,12-13H2,1-3H3/b17-8+,18-9+. The van der Waals surface area contributed by atoms with Crippen LogP contribution in [0.2, 0.25) is 0 Å². The van der Waals surface area contributed by atoms with Crippen LogP contribution < -0.4 is 14.8 Å². The fraction of sp³-hybridized carbons (Fsp3) is 0.227. The van der Waals surface area contributed by atoms with E-state index in [1.807, 2.05) is 37.3 Å². The Hall–Kier alpha value is -3.05. The van der Waals surface area contributed by atoms with Gasteiger partial charge in [0.05, 0.1) is 14.2 Å². The molecule has 140 valence electrons. The van der Waals surface area contributed by atoms with Crippen molar-refractivity contribution in [3.8, 4) is 17.2 Å². The average molecular weight is 365 g/mol. The number of carbonyl (C=O) groups is 1.